The molecule has 0 saturated carbocycles. The van der Waals surface area contributed by atoms with E-state index in [9.17, 15) is 4.79 Å². The zero-order valence-corrected chi connectivity index (χ0v) is 10.7. The summed E-state index contributed by atoms with van der Waals surface area (Å²) in [6.07, 6.45) is 3.86. The number of hydrogen-bond donors (Lipinski definition) is 0. The van der Waals surface area contributed by atoms with Crippen LogP contribution in [0.1, 0.15) is 13.3 Å². The van der Waals surface area contributed by atoms with Gasteiger partial charge in [-0.15, -0.1) is 10.2 Å². The summed E-state index contributed by atoms with van der Waals surface area (Å²) in [5.74, 6) is 0.627. The number of carbonyl (C=O) groups excluding carboxylic acids is 1. The fraction of sp³-hybridized carbons (Fsp3) is 0.333. The standard InChI is InChI=1S/C12H14N4O3/c1-3-9(12(17)18-2)6-7-16-14-11(13-15-16)10-5-4-8-19-10/h4-6,8H,3,7H2,1-2H3. The summed E-state index contributed by atoms with van der Waals surface area (Å²) in [5.41, 5.74) is 0.583. The van der Waals surface area contributed by atoms with Crippen LogP contribution in [0.2, 0.25) is 0 Å². The van der Waals surface area contributed by atoms with Crippen molar-refractivity contribution in [2.24, 2.45) is 0 Å². The Morgan fingerprint density at radius 3 is 3.05 bits per heavy atom. The van der Waals surface area contributed by atoms with Crippen LogP contribution in [0.3, 0.4) is 0 Å². The van der Waals surface area contributed by atoms with Crippen molar-refractivity contribution in [1.29, 1.82) is 0 Å². The van der Waals surface area contributed by atoms with Gasteiger partial charge in [-0.2, -0.15) is 4.80 Å². The third-order valence-corrected chi connectivity index (χ3v) is 2.52. The van der Waals surface area contributed by atoms with Crippen LogP contribution in [-0.2, 0) is 16.1 Å². The zero-order chi connectivity index (χ0) is 13.7. The first-order valence-corrected chi connectivity index (χ1v) is 5.83. The highest BCUT2D eigenvalue weighted by molar-refractivity contribution is 5.88. The highest BCUT2D eigenvalue weighted by Crippen LogP contribution is 2.13. The van der Waals surface area contributed by atoms with Gasteiger partial charge in [-0.3, -0.25) is 0 Å². The summed E-state index contributed by atoms with van der Waals surface area (Å²) in [7, 11) is 1.36. The van der Waals surface area contributed by atoms with E-state index >= 15 is 0 Å². The summed E-state index contributed by atoms with van der Waals surface area (Å²) < 4.78 is 9.84. The van der Waals surface area contributed by atoms with Crippen molar-refractivity contribution in [2.45, 2.75) is 19.9 Å². The molecule has 19 heavy (non-hydrogen) atoms. The molecular weight excluding hydrogens is 248 g/mol. The molecule has 0 aliphatic heterocycles. The first-order chi connectivity index (χ1) is 9.24. The minimum Gasteiger partial charge on any atom is -0.466 e. The number of nitrogens with zero attached hydrogens (tertiary/aromatic N) is 4. The Balaban J connectivity index is 2.08. The Morgan fingerprint density at radius 1 is 1.58 bits per heavy atom. The molecule has 0 spiro atoms. The van der Waals surface area contributed by atoms with E-state index in [-0.39, 0.29) is 5.97 Å². The van der Waals surface area contributed by atoms with Gasteiger partial charge in [0.15, 0.2) is 5.76 Å². The van der Waals surface area contributed by atoms with Crippen LogP contribution in [0.5, 0.6) is 0 Å². The number of esters is 1. The molecular formula is C12H14N4O3. The molecule has 0 bridgehead atoms. The third kappa shape index (κ3) is 3.06. The summed E-state index contributed by atoms with van der Waals surface area (Å²) in [6, 6.07) is 3.51. The van der Waals surface area contributed by atoms with E-state index in [0.29, 0.717) is 30.1 Å². The quantitative estimate of drug-likeness (QED) is 0.599. The molecule has 7 nitrogen and oxygen atoms in total. The van der Waals surface area contributed by atoms with Crippen molar-refractivity contribution in [3.63, 3.8) is 0 Å². The topological polar surface area (TPSA) is 83.0 Å². The summed E-state index contributed by atoms with van der Waals surface area (Å²) in [5, 5.41) is 11.9. The fourth-order valence-corrected chi connectivity index (χ4v) is 1.52. The lowest BCUT2D eigenvalue weighted by atomic mass is 10.2. The van der Waals surface area contributed by atoms with E-state index in [1.165, 1.54) is 11.9 Å². The van der Waals surface area contributed by atoms with Gasteiger partial charge in [0, 0.05) is 5.57 Å². The normalized spacial score (nSPS) is 11.6. The SMILES string of the molecule is CCC(=CCn1nnc(-c2ccco2)n1)C(=O)OC. The van der Waals surface area contributed by atoms with Gasteiger partial charge in [-0.25, -0.2) is 4.79 Å². The molecule has 7 heteroatoms. The Kier molecular flexibility index (Phi) is 4.07. The number of allylic oxidation sites excluding steroid dienone is 1. The first-order valence-electron chi connectivity index (χ1n) is 5.83. The molecule has 0 aromatic carbocycles. The maximum Gasteiger partial charge on any atom is 0.333 e. The van der Waals surface area contributed by atoms with E-state index < -0.39 is 0 Å². The van der Waals surface area contributed by atoms with E-state index in [1.807, 2.05) is 6.92 Å². The van der Waals surface area contributed by atoms with E-state index in [4.69, 9.17) is 4.42 Å². The molecule has 2 aromatic heterocycles. The fourth-order valence-electron chi connectivity index (χ4n) is 1.52. The minimum atomic E-state index is -0.339. The van der Waals surface area contributed by atoms with Crippen molar-refractivity contribution in [2.75, 3.05) is 7.11 Å². The highest BCUT2D eigenvalue weighted by Gasteiger charge is 2.09. The van der Waals surface area contributed by atoms with Crippen molar-refractivity contribution in [1.82, 2.24) is 20.2 Å². The molecule has 0 saturated heterocycles. The van der Waals surface area contributed by atoms with Gasteiger partial charge in [0.25, 0.3) is 0 Å². The number of hydrogen-bond acceptors (Lipinski definition) is 6. The first kappa shape index (κ1) is 13.0. The molecule has 2 rings (SSSR count). The van der Waals surface area contributed by atoms with Gasteiger partial charge in [0.05, 0.1) is 19.9 Å². The lowest BCUT2D eigenvalue weighted by molar-refractivity contribution is -0.136. The average Bonchev–Trinajstić information content (AvgIpc) is 3.09. The molecule has 0 aliphatic carbocycles. The van der Waals surface area contributed by atoms with Crippen LogP contribution in [-0.4, -0.2) is 33.3 Å². The molecule has 0 aliphatic rings. The summed E-state index contributed by atoms with van der Waals surface area (Å²) in [6.45, 7) is 2.23. The van der Waals surface area contributed by atoms with E-state index in [2.05, 4.69) is 20.1 Å². The van der Waals surface area contributed by atoms with Crippen LogP contribution in [0.15, 0.2) is 34.5 Å². The lowest BCUT2D eigenvalue weighted by Gasteiger charge is -2.01. The lowest BCUT2D eigenvalue weighted by Crippen LogP contribution is -2.07. The summed E-state index contributed by atoms with van der Waals surface area (Å²) >= 11 is 0. The number of furan rings is 1. The van der Waals surface area contributed by atoms with Gasteiger partial charge >= 0.3 is 5.97 Å². The summed E-state index contributed by atoms with van der Waals surface area (Å²) in [4.78, 5) is 12.8. The number of tetrazole rings is 1. The Bertz CT molecular complexity index is 572. The van der Waals surface area contributed by atoms with Crippen LogP contribution in [0, 0.1) is 0 Å². The Morgan fingerprint density at radius 2 is 2.42 bits per heavy atom. The maximum atomic E-state index is 11.4. The minimum absolute atomic E-state index is 0.339. The van der Waals surface area contributed by atoms with Gasteiger partial charge in [-0.05, 0) is 23.8 Å². The second-order valence-corrected chi connectivity index (χ2v) is 3.72. The molecule has 2 heterocycles. The predicted octanol–water partition coefficient (Wildman–Crippen LogP) is 1.44. The second-order valence-electron chi connectivity index (χ2n) is 3.72. The van der Waals surface area contributed by atoms with Gasteiger partial charge in [0.1, 0.15) is 0 Å². The molecule has 0 atom stereocenters. The van der Waals surface area contributed by atoms with Gasteiger partial charge in [0.2, 0.25) is 5.82 Å². The monoisotopic (exact) mass is 262 g/mol. The van der Waals surface area contributed by atoms with E-state index in [1.54, 1.807) is 24.5 Å². The average molecular weight is 262 g/mol. The van der Waals surface area contributed by atoms with E-state index in [0.717, 1.165) is 0 Å². The zero-order valence-electron chi connectivity index (χ0n) is 10.7. The van der Waals surface area contributed by atoms with Crippen molar-refractivity contribution in [3.8, 4) is 11.6 Å². The third-order valence-electron chi connectivity index (χ3n) is 2.52. The smallest absolute Gasteiger partial charge is 0.333 e. The van der Waals surface area contributed by atoms with Crippen LogP contribution < -0.4 is 0 Å². The second kappa shape index (κ2) is 5.94. The predicted molar refractivity (Wildman–Crippen MR) is 65.9 cm³/mol. The molecule has 0 N–H and O–H groups in total. The number of aromatic nitrogens is 4. The molecule has 0 fully saturated rings. The maximum absolute atomic E-state index is 11.4. The molecule has 2 aromatic rings. The largest absolute Gasteiger partial charge is 0.466 e. The van der Waals surface area contributed by atoms with Gasteiger partial charge in [-0.1, -0.05) is 13.0 Å². The Labute approximate surface area is 109 Å². The highest BCUT2D eigenvalue weighted by atomic mass is 16.5. The number of rotatable bonds is 5. The molecule has 0 unspecified atom stereocenters. The van der Waals surface area contributed by atoms with Gasteiger partial charge < -0.3 is 9.15 Å². The molecule has 100 valence electrons. The van der Waals surface area contributed by atoms with Crippen LogP contribution >= 0.6 is 0 Å². The molecule has 0 amide bonds. The number of ether oxygens (including phenoxy) is 1. The number of methoxy groups -OCH3 is 1. The molecule has 0 radical (unpaired) electrons. The van der Waals surface area contributed by atoms with Crippen molar-refractivity contribution >= 4 is 5.97 Å². The van der Waals surface area contributed by atoms with Crippen molar-refractivity contribution in [3.05, 3.63) is 30.0 Å². The Hall–Kier alpha value is -2.44. The van der Waals surface area contributed by atoms with Crippen LogP contribution in [0.4, 0.5) is 0 Å². The number of carbonyl (C=O) groups is 1. The van der Waals surface area contributed by atoms with Crippen LogP contribution in [0.25, 0.3) is 11.6 Å². The van der Waals surface area contributed by atoms with Crippen molar-refractivity contribution < 1.29 is 13.9 Å².